The third-order valence-electron chi connectivity index (χ3n) is 3.84. The minimum atomic E-state index is -3.20. The summed E-state index contributed by atoms with van der Waals surface area (Å²) < 4.78 is 32.2. The predicted molar refractivity (Wildman–Crippen MR) is 86.3 cm³/mol. The van der Waals surface area contributed by atoms with E-state index < -0.39 is 10.0 Å². The van der Waals surface area contributed by atoms with E-state index in [-0.39, 0.29) is 23.2 Å². The lowest BCUT2D eigenvalue weighted by atomic mass is 10.0. The Morgan fingerprint density at radius 1 is 1.24 bits per heavy atom. The second-order valence-corrected chi connectivity index (χ2v) is 8.76. The van der Waals surface area contributed by atoms with Crippen LogP contribution in [0.25, 0.3) is 0 Å². The molecule has 0 bridgehead atoms. The number of rotatable bonds is 4. The van der Waals surface area contributed by atoms with Crippen molar-refractivity contribution in [2.75, 3.05) is 45.9 Å². The molecule has 2 N–H and O–H groups in total. The van der Waals surface area contributed by atoms with Gasteiger partial charge in [-0.2, -0.15) is 4.31 Å². The minimum absolute atomic E-state index is 0. The van der Waals surface area contributed by atoms with Crippen molar-refractivity contribution in [3.05, 3.63) is 0 Å². The zero-order valence-corrected chi connectivity index (χ0v) is 14.6. The summed E-state index contributed by atoms with van der Waals surface area (Å²) in [5.74, 6) is 0. The maximum Gasteiger partial charge on any atom is 0.218 e. The van der Waals surface area contributed by atoms with Crippen LogP contribution in [0.4, 0.5) is 0 Å². The Morgan fingerprint density at radius 3 is 2.43 bits per heavy atom. The van der Waals surface area contributed by atoms with Gasteiger partial charge in [-0.3, -0.25) is 0 Å². The molecule has 2 saturated heterocycles. The third-order valence-corrected chi connectivity index (χ3v) is 6.16. The van der Waals surface area contributed by atoms with E-state index in [0.717, 1.165) is 25.9 Å². The Hall–Kier alpha value is 0.0800. The highest BCUT2D eigenvalue weighted by atomic mass is 35.5. The number of sulfonamides is 1. The number of halogens is 1. The van der Waals surface area contributed by atoms with Crippen LogP contribution in [-0.4, -0.2) is 74.3 Å². The molecule has 0 aromatic heterocycles. The lowest BCUT2D eigenvalue weighted by Crippen LogP contribution is -2.54. The van der Waals surface area contributed by atoms with Gasteiger partial charge >= 0.3 is 0 Å². The topological polar surface area (TPSA) is 75.9 Å². The Labute approximate surface area is 134 Å². The first-order valence-corrected chi connectivity index (χ1v) is 8.87. The highest BCUT2D eigenvalue weighted by Crippen LogP contribution is 2.22. The third kappa shape index (κ3) is 5.33. The number of morpholine rings is 1. The van der Waals surface area contributed by atoms with E-state index in [1.165, 1.54) is 0 Å². The Morgan fingerprint density at radius 2 is 1.86 bits per heavy atom. The summed E-state index contributed by atoms with van der Waals surface area (Å²) in [5, 5.41) is -0.295. The van der Waals surface area contributed by atoms with Crippen LogP contribution in [0.15, 0.2) is 0 Å². The fourth-order valence-corrected chi connectivity index (χ4v) is 4.93. The van der Waals surface area contributed by atoms with Crippen LogP contribution in [0.2, 0.25) is 0 Å². The van der Waals surface area contributed by atoms with E-state index in [4.69, 9.17) is 10.5 Å². The van der Waals surface area contributed by atoms with Crippen LogP contribution < -0.4 is 5.73 Å². The second-order valence-electron chi connectivity index (χ2n) is 6.54. The fraction of sp³-hybridized carbons (Fsp3) is 1.00. The largest absolute Gasteiger partial charge is 0.379 e. The van der Waals surface area contributed by atoms with Crippen molar-refractivity contribution in [2.45, 2.75) is 37.5 Å². The van der Waals surface area contributed by atoms with Gasteiger partial charge in [0.15, 0.2) is 0 Å². The first-order chi connectivity index (χ1) is 9.29. The summed E-state index contributed by atoms with van der Waals surface area (Å²) in [7, 11) is -3.20. The maximum absolute atomic E-state index is 12.7. The van der Waals surface area contributed by atoms with Crippen molar-refractivity contribution >= 4 is 22.4 Å². The van der Waals surface area contributed by atoms with Gasteiger partial charge in [-0.15, -0.1) is 12.4 Å². The minimum Gasteiger partial charge on any atom is -0.379 e. The normalized spacial score (nSPS) is 26.3. The summed E-state index contributed by atoms with van der Waals surface area (Å²) in [6.07, 6.45) is 1.67. The molecule has 2 heterocycles. The first kappa shape index (κ1) is 19.1. The number of ether oxygens (including phenoxy) is 1. The molecule has 126 valence electrons. The molecule has 2 aliphatic rings. The van der Waals surface area contributed by atoms with Gasteiger partial charge in [0.2, 0.25) is 10.0 Å². The molecule has 0 saturated carbocycles. The molecule has 0 amide bonds. The summed E-state index contributed by atoms with van der Waals surface area (Å²) in [4.78, 5) is 2.19. The molecule has 0 spiro atoms. The molecule has 0 aliphatic carbocycles. The molecule has 6 nitrogen and oxygen atoms in total. The quantitative estimate of drug-likeness (QED) is 0.794. The van der Waals surface area contributed by atoms with Crippen LogP contribution >= 0.6 is 12.4 Å². The van der Waals surface area contributed by atoms with Crippen molar-refractivity contribution in [1.29, 1.82) is 0 Å². The molecule has 2 fully saturated rings. The molecule has 0 aromatic carbocycles. The van der Waals surface area contributed by atoms with Crippen molar-refractivity contribution in [3.63, 3.8) is 0 Å². The van der Waals surface area contributed by atoms with Gasteiger partial charge in [-0.1, -0.05) is 0 Å². The molecular formula is C13H28ClN3O3S. The van der Waals surface area contributed by atoms with Crippen LogP contribution in [0.1, 0.15) is 26.7 Å². The second kappa shape index (κ2) is 7.57. The lowest BCUT2D eigenvalue weighted by molar-refractivity contribution is 0.0718. The number of hydrogen-bond acceptors (Lipinski definition) is 5. The van der Waals surface area contributed by atoms with Gasteiger partial charge in [0.05, 0.1) is 18.5 Å². The van der Waals surface area contributed by atoms with Crippen molar-refractivity contribution < 1.29 is 13.2 Å². The number of nitrogens with two attached hydrogens (primary N) is 1. The predicted octanol–water partition coefficient (Wildman–Crippen LogP) is 0.272. The molecule has 1 atom stereocenters. The SMILES string of the molecule is CC(C)(N)CN1CCCC(S(=O)(=O)N2CCOCC2)C1.Cl. The standard InChI is InChI=1S/C13H27N3O3S.ClH/c1-13(2,14)11-15-5-3-4-12(10-15)20(17,18)16-6-8-19-9-7-16;/h12H,3-11,14H2,1-2H3;1H. The number of nitrogens with zero attached hydrogens (tertiary/aromatic N) is 2. The van der Waals surface area contributed by atoms with Crippen molar-refractivity contribution in [3.8, 4) is 0 Å². The molecule has 0 aromatic rings. The number of hydrogen-bond donors (Lipinski definition) is 1. The number of likely N-dealkylation sites (tertiary alicyclic amines) is 1. The zero-order chi connectivity index (χ0) is 14.8. The molecule has 0 radical (unpaired) electrons. The van der Waals surface area contributed by atoms with Crippen LogP contribution in [-0.2, 0) is 14.8 Å². The van der Waals surface area contributed by atoms with E-state index in [9.17, 15) is 8.42 Å². The average molecular weight is 342 g/mol. The molecular weight excluding hydrogens is 314 g/mol. The summed E-state index contributed by atoms with van der Waals surface area (Å²) in [5.41, 5.74) is 5.76. The number of piperidine rings is 1. The Balaban J connectivity index is 0.00000220. The smallest absolute Gasteiger partial charge is 0.218 e. The molecule has 21 heavy (non-hydrogen) atoms. The summed E-state index contributed by atoms with van der Waals surface area (Å²) in [6.45, 7) is 8.22. The highest BCUT2D eigenvalue weighted by Gasteiger charge is 2.36. The average Bonchev–Trinajstić information content (AvgIpc) is 2.38. The monoisotopic (exact) mass is 341 g/mol. The first-order valence-electron chi connectivity index (χ1n) is 7.37. The van der Waals surface area contributed by atoms with E-state index >= 15 is 0 Å². The molecule has 2 rings (SSSR count). The van der Waals surface area contributed by atoms with Gasteiger partial charge < -0.3 is 15.4 Å². The fourth-order valence-electron chi connectivity index (χ4n) is 2.99. The molecule has 1 unspecified atom stereocenters. The van der Waals surface area contributed by atoms with E-state index in [1.54, 1.807) is 4.31 Å². The van der Waals surface area contributed by atoms with E-state index in [1.807, 2.05) is 13.8 Å². The Kier molecular flexibility index (Phi) is 6.89. The van der Waals surface area contributed by atoms with E-state index in [2.05, 4.69) is 4.90 Å². The van der Waals surface area contributed by atoms with Crippen LogP contribution in [0.3, 0.4) is 0 Å². The zero-order valence-electron chi connectivity index (χ0n) is 13.0. The lowest BCUT2D eigenvalue weighted by Gasteiger charge is -2.38. The highest BCUT2D eigenvalue weighted by molar-refractivity contribution is 7.89. The molecule has 8 heteroatoms. The van der Waals surface area contributed by atoms with Crippen LogP contribution in [0.5, 0.6) is 0 Å². The van der Waals surface area contributed by atoms with Crippen LogP contribution in [0, 0.1) is 0 Å². The maximum atomic E-state index is 12.7. The van der Waals surface area contributed by atoms with Crippen molar-refractivity contribution in [2.24, 2.45) is 5.73 Å². The van der Waals surface area contributed by atoms with E-state index in [0.29, 0.717) is 32.8 Å². The van der Waals surface area contributed by atoms with Gasteiger partial charge in [0.1, 0.15) is 0 Å². The van der Waals surface area contributed by atoms with Gasteiger partial charge in [-0.25, -0.2) is 8.42 Å². The Bertz CT molecular complexity index is 419. The summed E-state index contributed by atoms with van der Waals surface area (Å²) in [6, 6.07) is 0. The van der Waals surface area contributed by atoms with Gasteiger partial charge in [-0.05, 0) is 33.2 Å². The summed E-state index contributed by atoms with van der Waals surface area (Å²) >= 11 is 0. The molecule has 2 aliphatic heterocycles. The van der Waals surface area contributed by atoms with Gasteiger partial charge in [0.25, 0.3) is 0 Å². The van der Waals surface area contributed by atoms with Gasteiger partial charge in [0, 0.05) is 31.7 Å². The van der Waals surface area contributed by atoms with Crippen molar-refractivity contribution in [1.82, 2.24) is 9.21 Å².